The summed E-state index contributed by atoms with van der Waals surface area (Å²) in [5.74, 6) is 0.544. The van der Waals surface area contributed by atoms with Crippen LogP contribution >= 0.6 is 11.6 Å². The Balaban J connectivity index is 1.09. The van der Waals surface area contributed by atoms with Gasteiger partial charge in [0.2, 0.25) is 5.91 Å². The average molecular weight is 575 g/mol. The first-order valence-electron chi connectivity index (χ1n) is 13.4. The number of benzene rings is 1. The van der Waals surface area contributed by atoms with Gasteiger partial charge in [0.1, 0.15) is 0 Å². The number of carbonyl (C=O) groups excluding carboxylic acids is 2. The third-order valence-electron chi connectivity index (χ3n) is 8.32. The summed E-state index contributed by atoms with van der Waals surface area (Å²) in [6.07, 6.45) is 0.616. The molecule has 4 aliphatic heterocycles. The van der Waals surface area contributed by atoms with Crippen molar-refractivity contribution in [2.24, 2.45) is 5.92 Å². The molecule has 4 aliphatic rings. The Morgan fingerprint density at radius 1 is 1.13 bits per heavy atom. The van der Waals surface area contributed by atoms with Crippen LogP contribution in [0.15, 0.2) is 12.1 Å². The molecule has 3 fully saturated rings. The first-order chi connectivity index (χ1) is 18.1. The van der Waals surface area contributed by atoms with Crippen LogP contribution < -0.4 is 10.6 Å². The number of alkyl halides is 3. The van der Waals surface area contributed by atoms with Gasteiger partial charge in [0, 0.05) is 36.0 Å². The molecule has 0 saturated carbocycles. The van der Waals surface area contributed by atoms with E-state index in [2.05, 4.69) is 19.8 Å². The zero-order valence-electron chi connectivity index (χ0n) is 21.2. The second-order valence-corrected chi connectivity index (χ2v) is 12.9. The summed E-state index contributed by atoms with van der Waals surface area (Å²) in [7, 11) is -1.11. The van der Waals surface area contributed by atoms with Crippen molar-refractivity contribution in [2.75, 3.05) is 30.7 Å². The average Bonchev–Trinajstić information content (AvgIpc) is 3.33. The van der Waals surface area contributed by atoms with Crippen LogP contribution in [0.25, 0.3) is 0 Å². The molecule has 0 spiro atoms. The van der Waals surface area contributed by atoms with Gasteiger partial charge in [-0.25, -0.2) is 8.51 Å². The number of likely N-dealkylation sites (tertiary alicyclic amines) is 1. The van der Waals surface area contributed by atoms with Gasteiger partial charge in [-0.1, -0.05) is 11.6 Å². The Labute approximate surface area is 228 Å². The number of nitrogens with zero attached hydrogens (tertiary/aromatic N) is 2. The van der Waals surface area contributed by atoms with Gasteiger partial charge in [-0.2, -0.15) is 13.2 Å². The van der Waals surface area contributed by atoms with Crippen LogP contribution in [0.1, 0.15) is 67.3 Å². The normalized spacial score (nSPS) is 27.3. The first kappa shape index (κ1) is 27.9. The van der Waals surface area contributed by atoms with E-state index in [0.717, 1.165) is 57.2 Å². The SMILES string of the molecule is O=C1Cc2cc(C(=O)NC3CC4CC[C@H](C3)N4S(=O)CC3CCN(CCCC(F)(F)F)CC3)c(Cl)cc2N1. The standard InChI is InChI=1S/C26H34ClF3N4O3S/c27-22-14-23-17(11-24(35)32-23)10-21(22)25(36)31-18-12-19-2-3-20(13-18)34(19)38(37)15-16-4-8-33(9-5-16)7-1-6-26(28,29)30/h10,14,16,18-20H,1-9,11-13,15H2,(H,31,36)(H,32,35)/t18?,19-,20?,38?/m1/s1. The van der Waals surface area contributed by atoms with Crippen molar-refractivity contribution in [1.29, 1.82) is 0 Å². The van der Waals surface area contributed by atoms with Crippen molar-refractivity contribution in [1.82, 2.24) is 14.5 Å². The second kappa shape index (κ2) is 11.4. The predicted molar refractivity (Wildman–Crippen MR) is 140 cm³/mol. The summed E-state index contributed by atoms with van der Waals surface area (Å²) < 4.78 is 52.7. The number of rotatable bonds is 8. The molecule has 0 aliphatic carbocycles. The van der Waals surface area contributed by atoms with E-state index in [0.29, 0.717) is 34.5 Å². The molecule has 7 nitrogen and oxygen atoms in total. The van der Waals surface area contributed by atoms with Crippen LogP contribution in [-0.2, 0) is 22.2 Å². The molecule has 12 heteroatoms. The number of nitrogens with one attached hydrogen (secondary N) is 2. The molecule has 3 saturated heterocycles. The van der Waals surface area contributed by atoms with Crippen molar-refractivity contribution < 1.29 is 27.0 Å². The molecule has 210 valence electrons. The summed E-state index contributed by atoms with van der Waals surface area (Å²) in [6, 6.07) is 3.58. The molecule has 4 heterocycles. The molecule has 0 aromatic heterocycles. The van der Waals surface area contributed by atoms with Gasteiger partial charge in [0.25, 0.3) is 5.91 Å². The molecular formula is C26H34ClF3N4O3S. The highest BCUT2D eigenvalue weighted by Crippen LogP contribution is 2.38. The van der Waals surface area contributed by atoms with Gasteiger partial charge < -0.3 is 15.5 Å². The fourth-order valence-electron chi connectivity index (χ4n) is 6.44. The minimum Gasteiger partial charge on any atom is -0.349 e. The Bertz CT molecular complexity index is 1080. The summed E-state index contributed by atoms with van der Waals surface area (Å²) in [6.45, 7) is 1.98. The molecular weight excluding hydrogens is 541 g/mol. The fourth-order valence-corrected chi connectivity index (χ4v) is 8.64. The lowest BCUT2D eigenvalue weighted by atomic mass is 9.98. The van der Waals surface area contributed by atoms with Crippen LogP contribution in [0.3, 0.4) is 0 Å². The van der Waals surface area contributed by atoms with E-state index in [9.17, 15) is 27.0 Å². The van der Waals surface area contributed by atoms with Gasteiger partial charge in [0.05, 0.1) is 28.0 Å². The van der Waals surface area contributed by atoms with E-state index in [1.807, 2.05) is 0 Å². The number of anilines is 1. The van der Waals surface area contributed by atoms with Crippen LogP contribution in [0.4, 0.5) is 18.9 Å². The van der Waals surface area contributed by atoms with E-state index in [-0.39, 0.29) is 42.8 Å². The molecule has 4 atom stereocenters. The van der Waals surface area contributed by atoms with E-state index in [1.54, 1.807) is 12.1 Å². The highest BCUT2D eigenvalue weighted by molar-refractivity contribution is 7.82. The quantitative estimate of drug-likeness (QED) is 0.486. The Kier molecular flexibility index (Phi) is 8.38. The van der Waals surface area contributed by atoms with Gasteiger partial charge in [-0.3, -0.25) is 9.59 Å². The lowest BCUT2D eigenvalue weighted by molar-refractivity contribution is -0.136. The monoisotopic (exact) mass is 574 g/mol. The molecule has 2 N–H and O–H groups in total. The Morgan fingerprint density at radius 3 is 2.47 bits per heavy atom. The molecule has 3 unspecified atom stereocenters. The highest BCUT2D eigenvalue weighted by Gasteiger charge is 2.44. The molecule has 1 aromatic carbocycles. The lowest BCUT2D eigenvalue weighted by Crippen LogP contribution is -2.51. The minimum atomic E-state index is -4.10. The maximum atomic E-state index is 13.4. The van der Waals surface area contributed by atoms with Crippen LogP contribution in [0.5, 0.6) is 0 Å². The van der Waals surface area contributed by atoms with E-state index in [4.69, 9.17) is 11.6 Å². The maximum absolute atomic E-state index is 13.4. The molecule has 38 heavy (non-hydrogen) atoms. The van der Waals surface area contributed by atoms with Crippen molar-refractivity contribution >= 4 is 40.1 Å². The number of halogens is 4. The largest absolute Gasteiger partial charge is 0.389 e. The smallest absolute Gasteiger partial charge is 0.349 e. The topological polar surface area (TPSA) is 81.8 Å². The third kappa shape index (κ3) is 6.54. The highest BCUT2D eigenvalue weighted by atomic mass is 35.5. The molecule has 2 amide bonds. The summed E-state index contributed by atoms with van der Waals surface area (Å²) in [4.78, 5) is 26.8. The number of amides is 2. The molecule has 5 rings (SSSR count). The summed E-state index contributed by atoms with van der Waals surface area (Å²) >= 11 is 6.34. The van der Waals surface area contributed by atoms with E-state index >= 15 is 0 Å². The first-order valence-corrected chi connectivity index (χ1v) is 15.1. The fraction of sp³-hybridized carbons (Fsp3) is 0.692. The zero-order valence-corrected chi connectivity index (χ0v) is 22.8. The summed E-state index contributed by atoms with van der Waals surface area (Å²) in [5, 5.41) is 6.16. The van der Waals surface area contributed by atoms with E-state index < -0.39 is 23.6 Å². The Hall–Kier alpha value is -1.69. The second-order valence-electron chi connectivity index (χ2n) is 11.1. The van der Waals surface area contributed by atoms with Gasteiger partial charge in [-0.15, -0.1) is 0 Å². The van der Waals surface area contributed by atoms with Crippen molar-refractivity contribution in [3.05, 3.63) is 28.3 Å². The van der Waals surface area contributed by atoms with Crippen molar-refractivity contribution in [3.63, 3.8) is 0 Å². The number of hydrogen-bond acceptors (Lipinski definition) is 4. The third-order valence-corrected chi connectivity index (χ3v) is 10.5. The zero-order chi connectivity index (χ0) is 27.0. The lowest BCUT2D eigenvalue weighted by Gasteiger charge is -2.39. The van der Waals surface area contributed by atoms with Gasteiger partial charge in [-0.05, 0) is 88.2 Å². The van der Waals surface area contributed by atoms with Crippen LogP contribution in [0.2, 0.25) is 5.02 Å². The van der Waals surface area contributed by atoms with Crippen LogP contribution in [-0.4, -0.2) is 74.9 Å². The number of piperidine rings is 2. The Morgan fingerprint density at radius 2 is 1.82 bits per heavy atom. The van der Waals surface area contributed by atoms with Crippen LogP contribution in [0, 0.1) is 5.92 Å². The predicted octanol–water partition coefficient (Wildman–Crippen LogP) is 4.28. The van der Waals surface area contributed by atoms with Gasteiger partial charge >= 0.3 is 6.18 Å². The van der Waals surface area contributed by atoms with E-state index in [1.165, 1.54) is 0 Å². The molecule has 2 bridgehead atoms. The number of carbonyl (C=O) groups is 2. The minimum absolute atomic E-state index is 0.0303. The van der Waals surface area contributed by atoms with Gasteiger partial charge in [0.15, 0.2) is 0 Å². The number of hydrogen-bond donors (Lipinski definition) is 2. The molecule has 1 aromatic rings. The van der Waals surface area contributed by atoms with Crippen molar-refractivity contribution in [3.8, 4) is 0 Å². The summed E-state index contributed by atoms with van der Waals surface area (Å²) in [5.41, 5.74) is 1.78. The molecule has 0 radical (unpaired) electrons. The number of fused-ring (bicyclic) bond motifs is 3. The maximum Gasteiger partial charge on any atom is 0.389 e. The van der Waals surface area contributed by atoms with Crippen molar-refractivity contribution in [2.45, 2.75) is 82.1 Å².